The van der Waals surface area contributed by atoms with Crippen LogP contribution in [0.25, 0.3) is 0 Å². The Hall–Kier alpha value is -4.09. The molecule has 4 aromatic rings. The summed E-state index contributed by atoms with van der Waals surface area (Å²) in [5.41, 5.74) is -2.07. The third-order valence-corrected chi connectivity index (χ3v) is 5.08. The first-order valence-corrected chi connectivity index (χ1v) is 11.1. The summed E-state index contributed by atoms with van der Waals surface area (Å²) in [4.78, 5) is 26.2. The van der Waals surface area contributed by atoms with Crippen molar-refractivity contribution in [2.45, 2.75) is 6.18 Å². The third-order valence-electron chi connectivity index (χ3n) is 4.61. The van der Waals surface area contributed by atoms with Crippen molar-refractivity contribution >= 4 is 34.8 Å². The van der Waals surface area contributed by atoms with E-state index in [1.807, 2.05) is 0 Å². The van der Waals surface area contributed by atoms with Gasteiger partial charge in [0.05, 0.1) is 11.1 Å². The highest BCUT2D eigenvalue weighted by Gasteiger charge is 2.32. The summed E-state index contributed by atoms with van der Waals surface area (Å²) in [6, 6.07) is 11.7. The molecule has 3 aromatic carbocycles. The first kappa shape index (κ1) is 28.5. The summed E-state index contributed by atoms with van der Waals surface area (Å²) in [6.07, 6.45) is -3.46. The lowest BCUT2D eigenvalue weighted by molar-refractivity contribution is -0.137. The van der Waals surface area contributed by atoms with Crippen LogP contribution in [0.4, 0.5) is 27.6 Å². The van der Waals surface area contributed by atoms with Gasteiger partial charge in [-0.3, -0.25) is 9.59 Å². The number of carbonyl (C=O) groups excluding carboxylic acids is 1. The van der Waals surface area contributed by atoms with Gasteiger partial charge >= 0.3 is 6.18 Å². The topological polar surface area (TPSA) is 91.4 Å². The van der Waals surface area contributed by atoms with Crippen LogP contribution in [-0.2, 0) is 6.18 Å². The fourth-order valence-corrected chi connectivity index (χ4v) is 3.17. The van der Waals surface area contributed by atoms with E-state index in [4.69, 9.17) is 33.0 Å². The molecule has 0 unspecified atom stereocenters. The number of anilines is 1. The van der Waals surface area contributed by atoms with Gasteiger partial charge in [-0.25, -0.2) is 8.78 Å². The number of nitrogens with one attached hydrogen (secondary N) is 2. The summed E-state index contributed by atoms with van der Waals surface area (Å²) in [5, 5.41) is 11.3. The summed E-state index contributed by atoms with van der Waals surface area (Å²) in [5.74, 6) is -3.56. The number of phenols is 1. The number of pyridine rings is 1. The second-order valence-corrected chi connectivity index (χ2v) is 8.25. The molecule has 38 heavy (non-hydrogen) atoms. The van der Waals surface area contributed by atoms with Crippen molar-refractivity contribution in [1.29, 1.82) is 0 Å². The maximum Gasteiger partial charge on any atom is 0.416 e. The Bertz CT molecular complexity index is 1530. The van der Waals surface area contributed by atoms with Crippen LogP contribution in [0.2, 0.25) is 10.0 Å². The molecule has 0 saturated heterocycles. The number of rotatable bonds is 4. The maximum atomic E-state index is 14.0. The highest BCUT2D eigenvalue weighted by Crippen LogP contribution is 2.35. The predicted molar refractivity (Wildman–Crippen MR) is 131 cm³/mol. The van der Waals surface area contributed by atoms with Crippen LogP contribution in [-0.4, -0.2) is 16.0 Å². The summed E-state index contributed by atoms with van der Waals surface area (Å²) >= 11 is 11.0. The SMILES string of the molecule is O=C(Nc1cc[nH]c(=O)c1)c1cc(C(F)(F)F)ccc1Oc1ccc(Cl)cc1F.Oc1ccc(Cl)cc1F. The Kier molecular flexibility index (Phi) is 8.97. The molecule has 1 amide bonds. The minimum atomic E-state index is -4.72. The lowest BCUT2D eigenvalue weighted by Gasteiger charge is -2.15. The maximum absolute atomic E-state index is 14.0. The smallest absolute Gasteiger partial charge is 0.416 e. The molecule has 0 fully saturated rings. The van der Waals surface area contributed by atoms with Gasteiger partial charge in [-0.2, -0.15) is 13.2 Å². The van der Waals surface area contributed by atoms with E-state index in [2.05, 4.69) is 10.3 Å². The average molecular weight is 573 g/mol. The lowest BCUT2D eigenvalue weighted by atomic mass is 10.1. The Balaban J connectivity index is 0.000000375. The largest absolute Gasteiger partial charge is 0.505 e. The minimum absolute atomic E-state index is 0.0554. The number of benzene rings is 3. The number of hydrogen-bond acceptors (Lipinski definition) is 4. The Labute approximate surface area is 221 Å². The molecule has 0 radical (unpaired) electrons. The van der Waals surface area contributed by atoms with E-state index >= 15 is 0 Å². The summed E-state index contributed by atoms with van der Waals surface area (Å²) < 4.78 is 70.8. The Morgan fingerprint density at radius 1 is 0.868 bits per heavy atom. The molecule has 0 aliphatic heterocycles. The van der Waals surface area contributed by atoms with Gasteiger partial charge in [-0.15, -0.1) is 0 Å². The minimum Gasteiger partial charge on any atom is -0.505 e. The van der Waals surface area contributed by atoms with Gasteiger partial charge in [0, 0.05) is 28.0 Å². The number of H-pyrrole nitrogens is 1. The molecule has 1 aromatic heterocycles. The van der Waals surface area contributed by atoms with E-state index < -0.39 is 40.4 Å². The Morgan fingerprint density at radius 2 is 1.50 bits per heavy atom. The number of aromatic nitrogens is 1. The van der Waals surface area contributed by atoms with Crippen molar-refractivity contribution in [3.05, 3.63) is 116 Å². The molecular formula is C25H15Cl2F5N2O4. The fraction of sp³-hybridized carbons (Fsp3) is 0.0400. The van der Waals surface area contributed by atoms with Gasteiger partial charge in [0.1, 0.15) is 5.75 Å². The van der Waals surface area contributed by atoms with Crippen molar-refractivity contribution in [2.75, 3.05) is 5.32 Å². The van der Waals surface area contributed by atoms with E-state index in [0.717, 1.165) is 24.3 Å². The molecule has 13 heteroatoms. The van der Waals surface area contributed by atoms with E-state index in [1.54, 1.807) is 0 Å². The molecule has 0 aliphatic rings. The number of alkyl halides is 3. The molecule has 0 saturated carbocycles. The van der Waals surface area contributed by atoms with Crippen LogP contribution in [0.3, 0.4) is 0 Å². The molecule has 1 heterocycles. The van der Waals surface area contributed by atoms with E-state index in [0.29, 0.717) is 12.1 Å². The predicted octanol–water partition coefficient (Wildman–Crippen LogP) is 7.42. The molecular weight excluding hydrogens is 558 g/mol. The quantitative estimate of drug-likeness (QED) is 0.222. The third kappa shape index (κ3) is 7.70. The summed E-state index contributed by atoms with van der Waals surface area (Å²) in [7, 11) is 0. The molecule has 6 nitrogen and oxygen atoms in total. The standard InChI is InChI=1S/C19H11ClF4N2O3.C6H4ClFO/c20-11-2-4-16(14(21)8-11)29-15-3-1-10(19(22,23)24)7-13(15)18(28)26-12-5-6-25-17(27)9-12;7-4-1-2-6(9)5(8)3-4/h1-9H,(H2,25,26,27,28);1-3,9H. The van der Waals surface area contributed by atoms with Gasteiger partial charge in [0.2, 0.25) is 5.56 Å². The monoisotopic (exact) mass is 572 g/mol. The fourth-order valence-electron chi connectivity index (χ4n) is 2.85. The zero-order valence-electron chi connectivity index (χ0n) is 18.7. The number of aromatic amines is 1. The van der Waals surface area contributed by atoms with Crippen molar-refractivity contribution in [2.24, 2.45) is 0 Å². The van der Waals surface area contributed by atoms with E-state index in [9.17, 15) is 31.5 Å². The zero-order chi connectivity index (χ0) is 28.0. The van der Waals surface area contributed by atoms with Crippen LogP contribution in [0.1, 0.15) is 15.9 Å². The molecule has 3 N–H and O–H groups in total. The number of carbonyl (C=O) groups is 1. The van der Waals surface area contributed by atoms with Gasteiger partial charge in [0.15, 0.2) is 23.1 Å². The van der Waals surface area contributed by atoms with Gasteiger partial charge < -0.3 is 20.1 Å². The average Bonchev–Trinajstić information content (AvgIpc) is 2.83. The van der Waals surface area contributed by atoms with Gasteiger partial charge in [-0.1, -0.05) is 23.2 Å². The van der Waals surface area contributed by atoms with Crippen LogP contribution in [0.15, 0.2) is 77.7 Å². The highest BCUT2D eigenvalue weighted by atomic mass is 35.5. The zero-order valence-corrected chi connectivity index (χ0v) is 20.3. The molecule has 0 atom stereocenters. The second-order valence-electron chi connectivity index (χ2n) is 7.38. The normalized spacial score (nSPS) is 10.8. The number of phenolic OH excluding ortho intramolecular Hbond substituents is 1. The number of halogens is 7. The highest BCUT2D eigenvalue weighted by molar-refractivity contribution is 6.30. The lowest BCUT2D eigenvalue weighted by Crippen LogP contribution is -2.16. The number of ether oxygens (including phenoxy) is 1. The van der Waals surface area contributed by atoms with Crippen LogP contribution >= 0.6 is 23.2 Å². The van der Waals surface area contributed by atoms with E-state index in [-0.39, 0.29) is 33.0 Å². The number of amides is 1. The molecule has 0 bridgehead atoms. The van der Waals surface area contributed by atoms with Crippen molar-refractivity contribution in [3.8, 4) is 17.2 Å². The first-order chi connectivity index (χ1) is 17.8. The summed E-state index contributed by atoms with van der Waals surface area (Å²) in [6.45, 7) is 0. The number of hydrogen-bond donors (Lipinski definition) is 3. The first-order valence-electron chi connectivity index (χ1n) is 10.3. The Morgan fingerprint density at radius 3 is 2.08 bits per heavy atom. The molecule has 198 valence electrons. The van der Waals surface area contributed by atoms with Crippen molar-refractivity contribution in [3.63, 3.8) is 0 Å². The van der Waals surface area contributed by atoms with Crippen LogP contribution < -0.4 is 15.6 Å². The van der Waals surface area contributed by atoms with E-state index in [1.165, 1.54) is 36.5 Å². The molecule has 0 spiro atoms. The van der Waals surface area contributed by atoms with Gasteiger partial charge in [0.25, 0.3) is 5.91 Å². The van der Waals surface area contributed by atoms with Crippen molar-refractivity contribution in [1.82, 2.24) is 4.98 Å². The number of aromatic hydroxyl groups is 1. The van der Waals surface area contributed by atoms with Crippen LogP contribution in [0.5, 0.6) is 17.2 Å². The molecule has 4 rings (SSSR count). The molecule has 0 aliphatic carbocycles. The second kappa shape index (κ2) is 12.0. The van der Waals surface area contributed by atoms with Crippen LogP contribution in [0, 0.1) is 11.6 Å². The van der Waals surface area contributed by atoms with Gasteiger partial charge in [-0.05, 0) is 60.7 Å². The van der Waals surface area contributed by atoms with Crippen molar-refractivity contribution < 1.29 is 36.6 Å².